The van der Waals surface area contributed by atoms with Crippen LogP contribution in [0.3, 0.4) is 0 Å². The number of halogens is 1. The summed E-state index contributed by atoms with van der Waals surface area (Å²) >= 11 is 3.40. The number of carbonyl (C=O) groups excluding carboxylic acids is 1. The number of esters is 1. The molecule has 1 aliphatic heterocycles. The molecule has 3 aromatic heterocycles. The van der Waals surface area contributed by atoms with Gasteiger partial charge in [0, 0.05) is 17.6 Å². The van der Waals surface area contributed by atoms with Crippen LogP contribution < -0.4 is 5.32 Å². The second-order valence-corrected chi connectivity index (χ2v) is 11.5. The zero-order chi connectivity index (χ0) is 24.9. The van der Waals surface area contributed by atoms with Crippen LogP contribution in [-0.2, 0) is 35.2 Å². The molecule has 0 saturated carbocycles. The van der Waals surface area contributed by atoms with Gasteiger partial charge in [-0.25, -0.2) is 15.0 Å². The van der Waals surface area contributed by atoms with Gasteiger partial charge in [0.2, 0.25) is 0 Å². The summed E-state index contributed by atoms with van der Waals surface area (Å²) < 4.78 is 6.45. The molecular formula is C28H33ClN4O2S2. The van der Waals surface area contributed by atoms with Gasteiger partial charge in [-0.1, -0.05) is 12.1 Å². The van der Waals surface area contributed by atoms with Crippen LogP contribution in [0.4, 0.5) is 5.82 Å². The molecule has 1 aliphatic rings. The first-order valence-electron chi connectivity index (χ1n) is 12.8. The van der Waals surface area contributed by atoms with Gasteiger partial charge in [0.1, 0.15) is 5.82 Å². The third kappa shape index (κ3) is 7.06. The number of nitrogens with one attached hydrogen (secondary N) is 1. The summed E-state index contributed by atoms with van der Waals surface area (Å²) in [4.78, 5) is 26.8. The van der Waals surface area contributed by atoms with Crippen molar-refractivity contribution in [3.05, 3.63) is 68.2 Å². The van der Waals surface area contributed by atoms with Crippen molar-refractivity contribution < 1.29 is 9.53 Å². The summed E-state index contributed by atoms with van der Waals surface area (Å²) in [7, 11) is 0. The van der Waals surface area contributed by atoms with Crippen molar-refractivity contribution in [2.24, 2.45) is 0 Å². The fourth-order valence-corrected chi connectivity index (χ4v) is 6.44. The predicted molar refractivity (Wildman–Crippen MR) is 154 cm³/mol. The first-order valence-corrected chi connectivity index (χ1v) is 14.5. The van der Waals surface area contributed by atoms with E-state index in [9.17, 15) is 4.79 Å². The normalized spacial score (nSPS) is 13.5. The number of benzene rings is 1. The lowest BCUT2D eigenvalue weighted by molar-refractivity contribution is -0.143. The van der Waals surface area contributed by atoms with Gasteiger partial charge in [-0.15, -0.1) is 35.1 Å². The Kier molecular flexibility index (Phi) is 9.51. The number of aromatic nitrogens is 3. The van der Waals surface area contributed by atoms with Crippen LogP contribution in [0, 0.1) is 6.92 Å². The Morgan fingerprint density at radius 1 is 1.14 bits per heavy atom. The van der Waals surface area contributed by atoms with E-state index in [-0.39, 0.29) is 24.3 Å². The highest BCUT2D eigenvalue weighted by Gasteiger charge is 2.20. The second-order valence-electron chi connectivity index (χ2n) is 9.30. The molecule has 1 unspecified atom stereocenters. The van der Waals surface area contributed by atoms with Crippen molar-refractivity contribution in [1.29, 1.82) is 0 Å². The number of carbonyl (C=O) groups is 1. The number of nitrogens with zero attached hydrogens (tertiary/aromatic N) is 3. The molecule has 0 bridgehead atoms. The number of fused-ring (bicyclic) bond motifs is 2. The molecule has 9 heteroatoms. The van der Waals surface area contributed by atoms with E-state index in [0.717, 1.165) is 70.5 Å². The molecule has 0 amide bonds. The Labute approximate surface area is 232 Å². The van der Waals surface area contributed by atoms with E-state index in [1.165, 1.54) is 16.7 Å². The fraction of sp³-hybridized carbons (Fsp3) is 0.429. The summed E-state index contributed by atoms with van der Waals surface area (Å²) in [5.74, 6) is 0.908. The van der Waals surface area contributed by atoms with Crippen LogP contribution in [-0.4, -0.2) is 34.1 Å². The lowest BCUT2D eigenvalue weighted by Gasteiger charge is -2.17. The molecule has 1 atom stereocenters. The molecule has 0 spiro atoms. The largest absolute Gasteiger partial charge is 0.466 e. The SMILES string of the molecule is CCOC(=O)CC(Cc1csc(CCCc2ccc3c(n2)NCCC3)n1)c1ccc2sc(C)nc2c1.Cl. The predicted octanol–water partition coefficient (Wildman–Crippen LogP) is 6.69. The third-order valence-electron chi connectivity index (χ3n) is 6.54. The number of aryl methyl sites for hydroxylation is 4. The van der Waals surface area contributed by atoms with E-state index in [0.29, 0.717) is 19.4 Å². The van der Waals surface area contributed by atoms with E-state index >= 15 is 0 Å². The third-order valence-corrected chi connectivity index (χ3v) is 8.45. The second kappa shape index (κ2) is 12.8. The Balaban J connectivity index is 0.00000320. The zero-order valence-electron chi connectivity index (χ0n) is 21.3. The van der Waals surface area contributed by atoms with E-state index in [2.05, 4.69) is 46.0 Å². The Morgan fingerprint density at radius 3 is 2.89 bits per heavy atom. The highest BCUT2D eigenvalue weighted by Crippen LogP contribution is 2.30. The summed E-state index contributed by atoms with van der Waals surface area (Å²) in [6.07, 6.45) is 6.25. The zero-order valence-corrected chi connectivity index (χ0v) is 23.7. The summed E-state index contributed by atoms with van der Waals surface area (Å²) in [5, 5.41) is 7.75. The number of pyridine rings is 1. The number of hydrogen-bond donors (Lipinski definition) is 1. The smallest absolute Gasteiger partial charge is 0.306 e. The van der Waals surface area contributed by atoms with Crippen molar-refractivity contribution in [2.75, 3.05) is 18.5 Å². The minimum absolute atomic E-state index is 0. The molecule has 5 rings (SSSR count). The van der Waals surface area contributed by atoms with Crippen molar-refractivity contribution >= 4 is 57.1 Å². The first kappa shape index (κ1) is 27.5. The summed E-state index contributed by atoms with van der Waals surface area (Å²) in [5.41, 5.74) is 5.62. The average molecular weight is 557 g/mol. The minimum atomic E-state index is -0.167. The Morgan fingerprint density at radius 2 is 2.03 bits per heavy atom. The van der Waals surface area contributed by atoms with Crippen LogP contribution in [0.1, 0.15) is 64.6 Å². The fourth-order valence-electron chi connectivity index (χ4n) is 4.78. The van der Waals surface area contributed by atoms with E-state index < -0.39 is 0 Å². The van der Waals surface area contributed by atoms with Gasteiger partial charge in [0.05, 0.1) is 39.0 Å². The molecule has 196 valence electrons. The molecular weight excluding hydrogens is 524 g/mol. The molecule has 1 N–H and O–H groups in total. The Bertz CT molecular complexity index is 1350. The quantitative estimate of drug-likeness (QED) is 0.219. The van der Waals surface area contributed by atoms with E-state index in [4.69, 9.17) is 14.7 Å². The molecule has 0 saturated heterocycles. The van der Waals surface area contributed by atoms with Crippen molar-refractivity contribution in [2.45, 2.75) is 64.7 Å². The van der Waals surface area contributed by atoms with Gasteiger partial charge in [-0.2, -0.15) is 0 Å². The summed E-state index contributed by atoms with van der Waals surface area (Å²) in [6, 6.07) is 10.7. The topological polar surface area (TPSA) is 77.0 Å². The number of hydrogen-bond acceptors (Lipinski definition) is 8. The number of rotatable bonds is 10. The van der Waals surface area contributed by atoms with E-state index in [1.807, 2.05) is 13.8 Å². The lowest BCUT2D eigenvalue weighted by atomic mass is 9.91. The standard InChI is InChI=1S/C28H32N4O2S2.ClH/c1-3-34-27(33)16-21(20-10-12-25-24(15-20)30-18(2)36-25)14-23-17-35-26(31-23)8-4-7-22-11-9-19-6-5-13-29-28(19)32-22;/h9-12,15,17,21H,3-8,13-14,16H2,1-2H3,(H,29,32);1H. The molecule has 6 nitrogen and oxygen atoms in total. The van der Waals surface area contributed by atoms with Crippen LogP contribution in [0.15, 0.2) is 35.7 Å². The van der Waals surface area contributed by atoms with Crippen LogP contribution in [0.2, 0.25) is 0 Å². The van der Waals surface area contributed by atoms with Gasteiger partial charge in [0.25, 0.3) is 0 Å². The van der Waals surface area contributed by atoms with Gasteiger partial charge in [-0.3, -0.25) is 4.79 Å². The Hall–Kier alpha value is -2.55. The molecule has 37 heavy (non-hydrogen) atoms. The van der Waals surface area contributed by atoms with Crippen LogP contribution in [0.25, 0.3) is 10.2 Å². The van der Waals surface area contributed by atoms with Crippen molar-refractivity contribution in [1.82, 2.24) is 15.0 Å². The lowest BCUT2D eigenvalue weighted by Crippen LogP contribution is -2.14. The monoisotopic (exact) mass is 556 g/mol. The van der Waals surface area contributed by atoms with Crippen LogP contribution >= 0.6 is 35.1 Å². The molecule has 4 heterocycles. The van der Waals surface area contributed by atoms with Gasteiger partial charge in [0.15, 0.2) is 0 Å². The highest BCUT2D eigenvalue weighted by molar-refractivity contribution is 7.18. The minimum Gasteiger partial charge on any atom is -0.466 e. The number of ether oxygens (including phenoxy) is 1. The highest BCUT2D eigenvalue weighted by atomic mass is 35.5. The van der Waals surface area contributed by atoms with E-state index in [1.54, 1.807) is 22.7 Å². The number of anilines is 1. The molecule has 0 fully saturated rings. The molecule has 0 aliphatic carbocycles. The maximum atomic E-state index is 12.4. The van der Waals surface area contributed by atoms with Crippen LogP contribution in [0.5, 0.6) is 0 Å². The summed E-state index contributed by atoms with van der Waals surface area (Å²) in [6.45, 7) is 5.28. The van der Waals surface area contributed by atoms with Gasteiger partial charge >= 0.3 is 5.97 Å². The molecule has 4 aromatic rings. The maximum Gasteiger partial charge on any atom is 0.306 e. The average Bonchev–Trinajstić information content (AvgIpc) is 3.48. The molecule has 0 radical (unpaired) electrons. The maximum absolute atomic E-state index is 12.4. The van der Waals surface area contributed by atoms with Gasteiger partial charge in [-0.05, 0) is 87.6 Å². The first-order chi connectivity index (χ1) is 17.6. The van der Waals surface area contributed by atoms with Crippen molar-refractivity contribution in [3.63, 3.8) is 0 Å². The molecule has 1 aromatic carbocycles. The van der Waals surface area contributed by atoms with Gasteiger partial charge < -0.3 is 10.1 Å². The van der Waals surface area contributed by atoms with Crippen molar-refractivity contribution in [3.8, 4) is 0 Å². The number of thiazole rings is 2.